The van der Waals surface area contributed by atoms with Crippen molar-refractivity contribution in [2.75, 3.05) is 20.2 Å². The summed E-state index contributed by atoms with van der Waals surface area (Å²) in [4.78, 5) is 23.2. The second-order valence-corrected chi connectivity index (χ2v) is 3.17. The van der Waals surface area contributed by atoms with Crippen LogP contribution in [0.2, 0.25) is 0 Å². The third-order valence-electron chi connectivity index (χ3n) is 2.02. The number of likely N-dealkylation sites (N-methyl/N-ethyl adjacent to an activating group) is 1. The molecule has 0 spiro atoms. The van der Waals surface area contributed by atoms with Gasteiger partial charge in [-0.3, -0.25) is 4.79 Å². The number of amides is 1. The van der Waals surface area contributed by atoms with Crippen LogP contribution in [0.4, 0.5) is 0 Å². The number of aliphatic hydroxyl groups excluding tert-OH is 1. The number of allylic oxidation sites excluding steroid dienone is 1. The Morgan fingerprint density at radius 2 is 2.38 bits per heavy atom. The largest absolute Gasteiger partial charge is 0.395 e. The molecule has 0 aromatic carbocycles. The van der Waals surface area contributed by atoms with Crippen molar-refractivity contribution in [3.63, 3.8) is 0 Å². The average molecular weight is 223 g/mol. The lowest BCUT2D eigenvalue weighted by atomic mass is 10.1. The number of hydrogen-bond donors (Lipinski definition) is 2. The Morgan fingerprint density at radius 3 is 2.94 bits per heavy atom. The Kier molecular flexibility index (Phi) is 4.41. The summed E-state index contributed by atoms with van der Waals surface area (Å²) in [5.74, 6) is -0.268. The summed E-state index contributed by atoms with van der Waals surface area (Å²) in [5.41, 5.74) is 1.06. The van der Waals surface area contributed by atoms with Crippen LogP contribution in [0.15, 0.2) is 41.0 Å². The first-order valence-electron chi connectivity index (χ1n) is 4.73. The Bertz CT molecular complexity index is 372. The van der Waals surface area contributed by atoms with E-state index >= 15 is 0 Å². The normalized spacial score (nSPS) is 17.2. The molecule has 1 aliphatic rings. The van der Waals surface area contributed by atoms with E-state index in [1.54, 1.807) is 30.3 Å². The highest BCUT2D eigenvalue weighted by Crippen LogP contribution is 2.14. The van der Waals surface area contributed by atoms with Crippen LogP contribution in [0.5, 0.6) is 0 Å². The van der Waals surface area contributed by atoms with Gasteiger partial charge in [-0.05, 0) is 17.3 Å². The van der Waals surface area contributed by atoms with Crippen molar-refractivity contribution in [1.82, 2.24) is 10.2 Å². The number of rotatable bonds is 4. The molecule has 0 aromatic rings. The molecule has 86 valence electrons. The van der Waals surface area contributed by atoms with Crippen LogP contribution in [0, 0.1) is 4.91 Å². The van der Waals surface area contributed by atoms with E-state index in [9.17, 15) is 9.70 Å². The summed E-state index contributed by atoms with van der Waals surface area (Å²) >= 11 is 0. The summed E-state index contributed by atoms with van der Waals surface area (Å²) in [6.45, 7) is 0.116. The van der Waals surface area contributed by atoms with Gasteiger partial charge in [0.2, 0.25) is 0 Å². The minimum Gasteiger partial charge on any atom is -0.395 e. The predicted molar refractivity (Wildman–Crippen MR) is 59.0 cm³/mol. The molecule has 0 atom stereocenters. The van der Waals surface area contributed by atoms with Crippen LogP contribution in [0.25, 0.3) is 0 Å². The molecule has 6 heteroatoms. The Balaban J connectivity index is 2.70. The van der Waals surface area contributed by atoms with Crippen LogP contribution in [0.3, 0.4) is 0 Å². The van der Waals surface area contributed by atoms with Gasteiger partial charge in [-0.2, -0.15) is 0 Å². The Labute approximate surface area is 92.9 Å². The molecule has 1 aliphatic heterocycles. The summed E-state index contributed by atoms with van der Waals surface area (Å²) in [6, 6.07) is 0. The molecule has 0 fully saturated rings. The predicted octanol–water partition coefficient (Wildman–Crippen LogP) is 0.0882. The van der Waals surface area contributed by atoms with E-state index in [1.165, 1.54) is 0 Å². The highest BCUT2D eigenvalue weighted by molar-refractivity contribution is 5.96. The average Bonchev–Trinajstić information content (AvgIpc) is 2.29. The SMILES string of the molecule is CN1C=C(C(=O)NCCO)C=C/C1=C/N=O. The highest BCUT2D eigenvalue weighted by Gasteiger charge is 2.12. The van der Waals surface area contributed by atoms with Crippen molar-refractivity contribution in [3.05, 3.63) is 40.7 Å². The molecular formula is C10H13N3O3. The van der Waals surface area contributed by atoms with Crippen molar-refractivity contribution in [2.45, 2.75) is 0 Å². The van der Waals surface area contributed by atoms with Gasteiger partial charge in [0.1, 0.15) is 0 Å². The van der Waals surface area contributed by atoms with Crippen molar-refractivity contribution in [1.29, 1.82) is 0 Å². The van der Waals surface area contributed by atoms with Gasteiger partial charge in [0.05, 0.1) is 24.1 Å². The van der Waals surface area contributed by atoms with Crippen LogP contribution in [0.1, 0.15) is 0 Å². The minimum atomic E-state index is -0.268. The zero-order chi connectivity index (χ0) is 12.0. The molecule has 0 aliphatic carbocycles. The summed E-state index contributed by atoms with van der Waals surface area (Å²) in [7, 11) is 1.71. The van der Waals surface area contributed by atoms with Gasteiger partial charge in [-0.25, -0.2) is 0 Å². The van der Waals surface area contributed by atoms with E-state index < -0.39 is 0 Å². The smallest absolute Gasteiger partial charge is 0.252 e. The maximum Gasteiger partial charge on any atom is 0.252 e. The van der Waals surface area contributed by atoms with E-state index in [2.05, 4.69) is 10.5 Å². The quantitative estimate of drug-likeness (QED) is 0.662. The number of hydrogen-bond acceptors (Lipinski definition) is 5. The molecule has 0 saturated carbocycles. The second kappa shape index (κ2) is 5.82. The number of aliphatic hydroxyl groups is 1. The third-order valence-corrected chi connectivity index (χ3v) is 2.02. The molecule has 6 nitrogen and oxygen atoms in total. The maximum absolute atomic E-state index is 11.5. The van der Waals surface area contributed by atoms with Gasteiger partial charge < -0.3 is 15.3 Å². The topological polar surface area (TPSA) is 82.0 Å². The fourth-order valence-electron chi connectivity index (χ4n) is 1.21. The van der Waals surface area contributed by atoms with E-state index in [1.807, 2.05) is 0 Å². The van der Waals surface area contributed by atoms with Gasteiger partial charge in [0.15, 0.2) is 0 Å². The molecular weight excluding hydrogens is 210 g/mol. The Hall–Kier alpha value is -1.95. The third kappa shape index (κ3) is 3.03. The van der Waals surface area contributed by atoms with E-state index in [4.69, 9.17) is 5.11 Å². The fraction of sp³-hybridized carbons (Fsp3) is 0.300. The maximum atomic E-state index is 11.5. The molecule has 0 unspecified atom stereocenters. The van der Waals surface area contributed by atoms with Crippen molar-refractivity contribution in [2.24, 2.45) is 5.18 Å². The van der Waals surface area contributed by atoms with E-state index in [-0.39, 0.29) is 19.1 Å². The van der Waals surface area contributed by atoms with Gasteiger partial charge in [-0.1, -0.05) is 0 Å². The molecule has 0 radical (unpaired) electrons. The zero-order valence-corrected chi connectivity index (χ0v) is 8.88. The lowest BCUT2D eigenvalue weighted by molar-refractivity contribution is -0.117. The summed E-state index contributed by atoms with van der Waals surface area (Å²) in [5, 5.41) is 13.7. The van der Waals surface area contributed by atoms with Crippen LogP contribution in [-0.4, -0.2) is 36.1 Å². The van der Waals surface area contributed by atoms with E-state index in [0.29, 0.717) is 11.3 Å². The van der Waals surface area contributed by atoms with Crippen LogP contribution in [-0.2, 0) is 4.79 Å². The molecule has 0 aromatic heterocycles. The summed E-state index contributed by atoms with van der Waals surface area (Å²) < 4.78 is 0. The number of nitrogens with one attached hydrogen (secondary N) is 1. The first-order chi connectivity index (χ1) is 7.69. The number of carbonyl (C=O) groups is 1. The van der Waals surface area contributed by atoms with Crippen molar-refractivity contribution in [3.8, 4) is 0 Å². The molecule has 1 amide bonds. The minimum absolute atomic E-state index is 0.0984. The van der Waals surface area contributed by atoms with Gasteiger partial charge in [-0.15, -0.1) is 4.91 Å². The van der Waals surface area contributed by atoms with Crippen molar-refractivity contribution >= 4 is 5.91 Å². The first-order valence-corrected chi connectivity index (χ1v) is 4.73. The van der Waals surface area contributed by atoms with Gasteiger partial charge in [0.25, 0.3) is 5.91 Å². The Morgan fingerprint density at radius 1 is 1.62 bits per heavy atom. The lowest BCUT2D eigenvalue weighted by Gasteiger charge is -2.19. The van der Waals surface area contributed by atoms with Crippen LogP contribution < -0.4 is 5.32 Å². The molecule has 0 saturated heterocycles. The second-order valence-electron chi connectivity index (χ2n) is 3.17. The van der Waals surface area contributed by atoms with Crippen molar-refractivity contribution < 1.29 is 9.90 Å². The summed E-state index contributed by atoms with van der Waals surface area (Å²) in [6.07, 6.45) is 5.96. The van der Waals surface area contributed by atoms with Gasteiger partial charge in [0, 0.05) is 19.8 Å². The molecule has 0 bridgehead atoms. The number of nitroso groups, excluding NO2 is 1. The van der Waals surface area contributed by atoms with E-state index in [0.717, 1.165) is 6.20 Å². The van der Waals surface area contributed by atoms with Gasteiger partial charge >= 0.3 is 0 Å². The molecule has 2 N–H and O–H groups in total. The molecule has 16 heavy (non-hydrogen) atoms. The lowest BCUT2D eigenvalue weighted by Crippen LogP contribution is -2.29. The zero-order valence-electron chi connectivity index (χ0n) is 8.88. The monoisotopic (exact) mass is 223 g/mol. The standard InChI is InChI=1S/C10H13N3O3/c1-13-7-8(10(15)11-4-5-14)2-3-9(13)6-12-16/h2-3,6-7,14H,4-5H2,1H3,(H,11,15)/b9-6-. The van der Waals surface area contributed by atoms with Crippen LogP contribution >= 0.6 is 0 Å². The molecule has 1 rings (SSSR count). The number of nitrogens with zero attached hydrogens (tertiary/aromatic N) is 2. The first kappa shape index (κ1) is 12.1. The molecule has 1 heterocycles. The fourth-order valence-corrected chi connectivity index (χ4v) is 1.21. The highest BCUT2D eigenvalue weighted by atomic mass is 16.3. The number of carbonyl (C=O) groups excluding carboxylic acids is 1.